The van der Waals surface area contributed by atoms with Gasteiger partial charge in [0.15, 0.2) is 0 Å². The van der Waals surface area contributed by atoms with Crippen molar-refractivity contribution < 1.29 is 9.47 Å². The van der Waals surface area contributed by atoms with Gasteiger partial charge in [-0.2, -0.15) is 12.6 Å². The second kappa shape index (κ2) is 13.3. The molecule has 1 saturated heterocycles. The highest BCUT2D eigenvalue weighted by atomic mass is 32.1. The number of hydrogen-bond donors (Lipinski definition) is 3. The first-order valence-corrected chi connectivity index (χ1v) is 9.81. The molecule has 0 atom stereocenters. The van der Waals surface area contributed by atoms with Crippen LogP contribution in [0.3, 0.4) is 0 Å². The monoisotopic (exact) mass is 362 g/mol. The summed E-state index contributed by atoms with van der Waals surface area (Å²) in [5.74, 6) is 0.710. The maximum Gasteiger partial charge on any atom is 0.0594 e. The summed E-state index contributed by atoms with van der Waals surface area (Å²) in [5.41, 5.74) is 0.173. The van der Waals surface area contributed by atoms with Gasteiger partial charge in [0.25, 0.3) is 0 Å². The van der Waals surface area contributed by atoms with Crippen molar-refractivity contribution in [3.05, 3.63) is 0 Å². The van der Waals surface area contributed by atoms with Crippen LogP contribution in [0.2, 0.25) is 0 Å². The normalized spacial score (nSPS) is 17.5. The molecule has 2 N–H and O–H groups in total. The summed E-state index contributed by atoms with van der Waals surface area (Å²) in [6.07, 6.45) is 0. The van der Waals surface area contributed by atoms with Crippen LogP contribution in [-0.4, -0.2) is 100 Å². The van der Waals surface area contributed by atoms with Gasteiger partial charge in [-0.05, 0) is 20.8 Å². The quantitative estimate of drug-likeness (QED) is 0.252. The lowest BCUT2D eigenvalue weighted by Crippen LogP contribution is -2.48. The molecule has 0 amide bonds. The Hall–Kier alpha value is 0.110. The van der Waals surface area contributed by atoms with Gasteiger partial charge >= 0.3 is 0 Å². The van der Waals surface area contributed by atoms with Crippen LogP contribution in [0.5, 0.6) is 0 Å². The number of rotatable bonds is 13. The van der Waals surface area contributed by atoms with E-state index in [9.17, 15) is 0 Å². The minimum atomic E-state index is 0.173. The second-order valence-electron chi connectivity index (χ2n) is 7.24. The number of ether oxygens (including phenoxy) is 2. The molecule has 0 aromatic heterocycles. The fourth-order valence-electron chi connectivity index (χ4n) is 2.55. The fraction of sp³-hybridized carbons (Fsp3) is 1.00. The average Bonchev–Trinajstić information content (AvgIpc) is 2.54. The molecule has 6 nitrogen and oxygen atoms in total. The van der Waals surface area contributed by atoms with E-state index in [-0.39, 0.29) is 5.54 Å². The van der Waals surface area contributed by atoms with Gasteiger partial charge in [-0.3, -0.25) is 9.80 Å². The molecule has 1 aliphatic rings. The van der Waals surface area contributed by atoms with E-state index in [0.717, 1.165) is 78.8 Å². The van der Waals surface area contributed by atoms with Gasteiger partial charge < -0.3 is 20.1 Å². The largest absolute Gasteiger partial charge is 0.379 e. The molecule has 1 aliphatic heterocycles. The maximum absolute atomic E-state index is 5.72. The molecular formula is C17H38N4O2S. The second-order valence-corrected chi connectivity index (χ2v) is 7.56. The van der Waals surface area contributed by atoms with Gasteiger partial charge in [0.1, 0.15) is 0 Å². The third kappa shape index (κ3) is 12.5. The molecule has 24 heavy (non-hydrogen) atoms. The lowest BCUT2D eigenvalue weighted by Gasteiger charge is -2.34. The Morgan fingerprint density at radius 1 is 0.833 bits per heavy atom. The molecule has 1 heterocycles. The van der Waals surface area contributed by atoms with E-state index in [1.807, 2.05) is 0 Å². The van der Waals surface area contributed by atoms with Crippen molar-refractivity contribution in [3.8, 4) is 0 Å². The first-order chi connectivity index (χ1) is 11.5. The zero-order chi connectivity index (χ0) is 17.7. The minimum Gasteiger partial charge on any atom is -0.379 e. The van der Waals surface area contributed by atoms with Crippen LogP contribution < -0.4 is 10.6 Å². The van der Waals surface area contributed by atoms with E-state index in [4.69, 9.17) is 9.47 Å². The van der Waals surface area contributed by atoms with Gasteiger partial charge in [-0.15, -0.1) is 0 Å². The highest BCUT2D eigenvalue weighted by molar-refractivity contribution is 7.80. The molecule has 0 aromatic rings. The number of nitrogens with one attached hydrogen (secondary N) is 2. The van der Waals surface area contributed by atoms with Crippen molar-refractivity contribution in [1.82, 2.24) is 20.4 Å². The SMILES string of the molecule is CC(C)(C)NCCOCCN1CCN(CCOCCNCS)CC1. The fourth-order valence-corrected chi connectivity index (χ4v) is 2.71. The molecule has 0 radical (unpaired) electrons. The zero-order valence-electron chi connectivity index (χ0n) is 15.9. The van der Waals surface area contributed by atoms with Crippen LogP contribution in [0.25, 0.3) is 0 Å². The Morgan fingerprint density at radius 2 is 1.33 bits per heavy atom. The van der Waals surface area contributed by atoms with Gasteiger partial charge in [0.05, 0.1) is 26.4 Å². The molecule has 0 unspecified atom stereocenters. The van der Waals surface area contributed by atoms with Crippen LogP contribution in [0.1, 0.15) is 20.8 Å². The molecule has 7 heteroatoms. The van der Waals surface area contributed by atoms with Crippen LogP contribution in [0.15, 0.2) is 0 Å². The Balaban J connectivity index is 1.90. The molecular weight excluding hydrogens is 324 g/mol. The van der Waals surface area contributed by atoms with Crippen LogP contribution in [0, 0.1) is 0 Å². The van der Waals surface area contributed by atoms with Crippen molar-refractivity contribution in [2.45, 2.75) is 26.3 Å². The van der Waals surface area contributed by atoms with Gasteiger partial charge in [-0.1, -0.05) is 0 Å². The maximum atomic E-state index is 5.72. The summed E-state index contributed by atoms with van der Waals surface area (Å²) >= 11 is 4.10. The third-order valence-corrected chi connectivity index (χ3v) is 4.23. The summed E-state index contributed by atoms with van der Waals surface area (Å²) in [7, 11) is 0. The Labute approximate surface area is 154 Å². The number of hydrogen-bond acceptors (Lipinski definition) is 7. The van der Waals surface area contributed by atoms with E-state index in [1.54, 1.807) is 0 Å². The van der Waals surface area contributed by atoms with E-state index >= 15 is 0 Å². The summed E-state index contributed by atoms with van der Waals surface area (Å²) in [4.78, 5) is 4.97. The zero-order valence-corrected chi connectivity index (χ0v) is 16.7. The Kier molecular flexibility index (Phi) is 12.3. The third-order valence-electron chi connectivity index (χ3n) is 4.01. The number of nitrogens with zero attached hydrogens (tertiary/aromatic N) is 2. The minimum absolute atomic E-state index is 0.173. The summed E-state index contributed by atoms with van der Waals surface area (Å²) in [6.45, 7) is 18.1. The predicted molar refractivity (Wildman–Crippen MR) is 104 cm³/mol. The molecule has 0 saturated carbocycles. The van der Waals surface area contributed by atoms with Gasteiger partial charge in [0.2, 0.25) is 0 Å². The highest BCUT2D eigenvalue weighted by Crippen LogP contribution is 2.01. The van der Waals surface area contributed by atoms with E-state index in [1.165, 1.54) is 0 Å². The van der Waals surface area contributed by atoms with E-state index in [2.05, 4.69) is 53.8 Å². The van der Waals surface area contributed by atoms with Crippen LogP contribution in [0.4, 0.5) is 0 Å². The van der Waals surface area contributed by atoms with E-state index < -0.39 is 0 Å². The van der Waals surface area contributed by atoms with Crippen molar-refractivity contribution >= 4 is 12.6 Å². The summed E-state index contributed by atoms with van der Waals surface area (Å²) in [6, 6.07) is 0. The summed E-state index contributed by atoms with van der Waals surface area (Å²) in [5, 5.41) is 6.57. The number of piperazine rings is 1. The average molecular weight is 363 g/mol. The lowest BCUT2D eigenvalue weighted by atomic mass is 10.1. The van der Waals surface area contributed by atoms with Crippen molar-refractivity contribution in [2.75, 3.05) is 84.7 Å². The standard InChI is InChI=1S/C17H38N4O2S/c1-17(2,3)19-5-13-23-15-11-21-8-6-20(7-9-21)10-14-22-12-4-18-16-24/h18-19,24H,4-16H2,1-3H3. The first-order valence-electron chi connectivity index (χ1n) is 9.18. The molecule has 1 fully saturated rings. The van der Waals surface area contributed by atoms with Gasteiger partial charge in [0, 0.05) is 63.8 Å². The molecule has 0 spiro atoms. The van der Waals surface area contributed by atoms with E-state index in [0.29, 0.717) is 5.88 Å². The van der Waals surface area contributed by atoms with Crippen LogP contribution >= 0.6 is 12.6 Å². The van der Waals surface area contributed by atoms with Crippen LogP contribution in [-0.2, 0) is 9.47 Å². The van der Waals surface area contributed by atoms with Crippen molar-refractivity contribution in [2.24, 2.45) is 0 Å². The molecule has 1 rings (SSSR count). The Bertz CT molecular complexity index is 295. The van der Waals surface area contributed by atoms with Gasteiger partial charge in [-0.25, -0.2) is 0 Å². The molecule has 0 aromatic carbocycles. The predicted octanol–water partition coefficient (Wildman–Crippen LogP) is 0.502. The summed E-state index contributed by atoms with van der Waals surface area (Å²) < 4.78 is 11.3. The molecule has 144 valence electrons. The number of thiol groups is 1. The first kappa shape index (κ1) is 22.2. The van der Waals surface area contributed by atoms with Crippen molar-refractivity contribution in [1.29, 1.82) is 0 Å². The molecule has 0 bridgehead atoms. The van der Waals surface area contributed by atoms with Crippen molar-refractivity contribution in [3.63, 3.8) is 0 Å². The molecule has 0 aliphatic carbocycles. The smallest absolute Gasteiger partial charge is 0.0594 e. The Morgan fingerprint density at radius 3 is 1.79 bits per heavy atom. The lowest BCUT2D eigenvalue weighted by molar-refractivity contribution is 0.0573. The topological polar surface area (TPSA) is 49.0 Å². The highest BCUT2D eigenvalue weighted by Gasteiger charge is 2.16.